The second-order valence-corrected chi connectivity index (χ2v) is 3.44. The van der Waals surface area contributed by atoms with Gasteiger partial charge in [-0.05, 0) is 41.7 Å². The number of aryl methyl sites for hydroxylation is 1. The van der Waals surface area contributed by atoms with E-state index >= 15 is 0 Å². The first-order valence-corrected chi connectivity index (χ1v) is 7.31. The predicted octanol–water partition coefficient (Wildman–Crippen LogP) is 6.62. The third-order valence-corrected chi connectivity index (χ3v) is 2.51. The van der Waals surface area contributed by atoms with Crippen LogP contribution in [0.25, 0.3) is 18.2 Å². The highest BCUT2D eigenvalue weighted by atomic mass is 14.1. The Bertz CT molecular complexity index is 395. The fourth-order valence-corrected chi connectivity index (χ4v) is 1.69. The van der Waals surface area contributed by atoms with Crippen LogP contribution in [-0.4, -0.2) is 0 Å². The van der Waals surface area contributed by atoms with Gasteiger partial charge in [0.15, 0.2) is 0 Å². The maximum Gasteiger partial charge on any atom is -0.0181 e. The van der Waals surface area contributed by atoms with E-state index in [-0.39, 0.29) is 0 Å². The summed E-state index contributed by atoms with van der Waals surface area (Å²) < 4.78 is 0. The molecule has 0 bridgehead atoms. The molecule has 0 radical (unpaired) electrons. The molecule has 0 heterocycles. The topological polar surface area (TPSA) is 0 Å². The fourth-order valence-electron chi connectivity index (χ4n) is 1.69. The molecule has 0 spiro atoms. The number of hydrogen-bond acceptors (Lipinski definition) is 0. The highest BCUT2D eigenvalue weighted by Crippen LogP contribution is 2.21. The van der Waals surface area contributed by atoms with Crippen molar-refractivity contribution in [1.29, 1.82) is 0 Å². The van der Waals surface area contributed by atoms with Gasteiger partial charge < -0.3 is 0 Å². The number of benzene rings is 1. The van der Waals surface area contributed by atoms with Crippen molar-refractivity contribution in [1.82, 2.24) is 0 Å². The van der Waals surface area contributed by atoms with Crippen LogP contribution in [0, 0.1) is 0 Å². The van der Waals surface area contributed by atoms with Gasteiger partial charge in [0.05, 0.1) is 0 Å². The van der Waals surface area contributed by atoms with Crippen molar-refractivity contribution in [2.24, 2.45) is 0 Å². The fraction of sp³-hybridized carbons (Fsp3) is 0.368. The molecular weight excluding hydrogens is 228 g/mol. The van der Waals surface area contributed by atoms with Gasteiger partial charge in [-0.2, -0.15) is 0 Å². The zero-order valence-electron chi connectivity index (χ0n) is 13.6. The van der Waals surface area contributed by atoms with E-state index in [1.165, 1.54) is 22.3 Å². The molecule has 106 valence electrons. The van der Waals surface area contributed by atoms with Crippen LogP contribution in [0.2, 0.25) is 0 Å². The van der Waals surface area contributed by atoms with Crippen LogP contribution >= 0.6 is 0 Å². The molecule has 1 rings (SSSR count). The third kappa shape index (κ3) is 6.24. The van der Waals surface area contributed by atoms with Crippen LogP contribution in [0.15, 0.2) is 31.4 Å². The summed E-state index contributed by atoms with van der Waals surface area (Å²) in [6, 6.07) is 4.36. The average Bonchev–Trinajstić information content (AvgIpc) is 2.51. The molecule has 0 aliphatic carbocycles. The third-order valence-electron chi connectivity index (χ3n) is 2.51. The molecule has 1 aromatic carbocycles. The Morgan fingerprint density at radius 2 is 1.42 bits per heavy atom. The van der Waals surface area contributed by atoms with Crippen molar-refractivity contribution in [2.75, 3.05) is 0 Å². The van der Waals surface area contributed by atoms with Crippen LogP contribution < -0.4 is 0 Å². The summed E-state index contributed by atoms with van der Waals surface area (Å²) in [6.07, 6.45) is 8.99. The van der Waals surface area contributed by atoms with Crippen molar-refractivity contribution in [2.45, 2.75) is 48.0 Å². The quantitative estimate of drug-likeness (QED) is 0.569. The van der Waals surface area contributed by atoms with E-state index in [1.807, 2.05) is 52.8 Å². The van der Waals surface area contributed by atoms with E-state index in [9.17, 15) is 0 Å². The molecule has 0 fully saturated rings. The number of rotatable bonds is 4. The first-order chi connectivity index (χ1) is 9.26. The van der Waals surface area contributed by atoms with Crippen molar-refractivity contribution >= 4 is 18.2 Å². The van der Waals surface area contributed by atoms with Gasteiger partial charge in [0, 0.05) is 0 Å². The standard InChI is InChI=1S/C15H18.2C2H6/c1-5-9-15-11-13(7-3)12(6-2)10-14(15)8-4;2*1-2/h5,7-11H,3-4,6H2,1-2H3;2*1-2H3/b9-5-;;. The Kier molecular flexibility index (Phi) is 13.4. The van der Waals surface area contributed by atoms with Crippen LogP contribution in [-0.2, 0) is 6.42 Å². The van der Waals surface area contributed by atoms with E-state index < -0.39 is 0 Å². The summed E-state index contributed by atoms with van der Waals surface area (Å²) in [5.74, 6) is 0. The lowest BCUT2D eigenvalue weighted by atomic mass is 9.96. The normalized spacial score (nSPS) is 8.95. The van der Waals surface area contributed by atoms with Crippen molar-refractivity contribution in [3.63, 3.8) is 0 Å². The molecule has 0 N–H and O–H groups in total. The van der Waals surface area contributed by atoms with Gasteiger partial charge in [-0.25, -0.2) is 0 Å². The van der Waals surface area contributed by atoms with Gasteiger partial charge in [-0.15, -0.1) is 0 Å². The van der Waals surface area contributed by atoms with Gasteiger partial charge in [-0.3, -0.25) is 0 Å². The Labute approximate surface area is 120 Å². The zero-order chi connectivity index (χ0) is 15.3. The number of allylic oxidation sites excluding steroid dienone is 1. The summed E-state index contributed by atoms with van der Waals surface area (Å²) >= 11 is 0. The summed E-state index contributed by atoms with van der Waals surface area (Å²) in [5, 5.41) is 0. The average molecular weight is 258 g/mol. The molecule has 0 unspecified atom stereocenters. The first kappa shape index (κ1) is 19.8. The lowest BCUT2D eigenvalue weighted by Crippen LogP contribution is -1.91. The zero-order valence-corrected chi connectivity index (χ0v) is 13.6. The minimum Gasteiger partial charge on any atom is -0.0985 e. The Hall–Kier alpha value is -1.56. The predicted molar refractivity (Wildman–Crippen MR) is 93.4 cm³/mol. The molecule has 0 aromatic heterocycles. The molecule has 0 aliphatic rings. The molecular formula is C19H30. The maximum atomic E-state index is 3.85. The molecule has 0 aliphatic heterocycles. The van der Waals surface area contributed by atoms with E-state index in [1.54, 1.807) is 0 Å². The van der Waals surface area contributed by atoms with E-state index in [0.29, 0.717) is 0 Å². The molecule has 0 saturated carbocycles. The Morgan fingerprint density at radius 1 is 0.895 bits per heavy atom. The van der Waals surface area contributed by atoms with Crippen LogP contribution in [0.5, 0.6) is 0 Å². The minimum absolute atomic E-state index is 1.03. The van der Waals surface area contributed by atoms with Gasteiger partial charge in [0.2, 0.25) is 0 Å². The molecule has 19 heavy (non-hydrogen) atoms. The highest BCUT2D eigenvalue weighted by Gasteiger charge is 2.02. The van der Waals surface area contributed by atoms with Gasteiger partial charge in [-0.1, -0.05) is 78.1 Å². The summed E-state index contributed by atoms with van der Waals surface area (Å²) in [4.78, 5) is 0. The van der Waals surface area contributed by atoms with Crippen LogP contribution in [0.1, 0.15) is 63.8 Å². The van der Waals surface area contributed by atoms with E-state index in [4.69, 9.17) is 0 Å². The van der Waals surface area contributed by atoms with E-state index in [0.717, 1.165) is 6.42 Å². The summed E-state index contributed by atoms with van der Waals surface area (Å²) in [6.45, 7) is 19.9. The van der Waals surface area contributed by atoms with Gasteiger partial charge in [0.1, 0.15) is 0 Å². The number of hydrogen-bond donors (Lipinski definition) is 0. The smallest absolute Gasteiger partial charge is 0.0181 e. The van der Waals surface area contributed by atoms with Crippen molar-refractivity contribution in [3.05, 3.63) is 53.6 Å². The van der Waals surface area contributed by atoms with Crippen molar-refractivity contribution < 1.29 is 0 Å². The largest absolute Gasteiger partial charge is 0.0985 e. The SMILES string of the molecule is C=Cc1cc(CC)c(C=C)cc1/C=C\C.CC.CC. The molecule has 0 amide bonds. The second kappa shape index (κ2) is 12.9. The maximum absolute atomic E-state index is 3.85. The van der Waals surface area contributed by atoms with E-state index in [2.05, 4.69) is 38.3 Å². The molecule has 0 heteroatoms. The second-order valence-electron chi connectivity index (χ2n) is 3.44. The summed E-state index contributed by atoms with van der Waals surface area (Å²) in [7, 11) is 0. The molecule has 0 nitrogen and oxygen atoms in total. The summed E-state index contributed by atoms with van der Waals surface area (Å²) in [5.41, 5.74) is 4.94. The highest BCUT2D eigenvalue weighted by molar-refractivity contribution is 5.69. The molecule has 1 aromatic rings. The van der Waals surface area contributed by atoms with Crippen LogP contribution in [0.4, 0.5) is 0 Å². The van der Waals surface area contributed by atoms with Gasteiger partial charge >= 0.3 is 0 Å². The first-order valence-electron chi connectivity index (χ1n) is 7.31. The Balaban J connectivity index is 0. The minimum atomic E-state index is 1.03. The molecule has 0 atom stereocenters. The van der Waals surface area contributed by atoms with Crippen LogP contribution in [0.3, 0.4) is 0 Å². The Morgan fingerprint density at radius 3 is 1.79 bits per heavy atom. The monoisotopic (exact) mass is 258 g/mol. The molecule has 0 saturated heterocycles. The van der Waals surface area contributed by atoms with Gasteiger partial charge in [0.25, 0.3) is 0 Å². The lowest BCUT2D eigenvalue weighted by molar-refractivity contribution is 1.13. The lowest BCUT2D eigenvalue weighted by Gasteiger charge is -2.08. The van der Waals surface area contributed by atoms with Crippen molar-refractivity contribution in [3.8, 4) is 0 Å².